The number of amides is 1. The SMILES string of the molecule is Cc1ccc2oc3c(c(=O)c2c1)C(c1cccc(OCCC(C)C)c1)N(c1ccc(Cl)cn1)C3=O. The number of anilines is 1. The molecule has 1 amide bonds. The summed E-state index contributed by atoms with van der Waals surface area (Å²) >= 11 is 6.05. The van der Waals surface area contributed by atoms with Crippen LogP contribution in [0.4, 0.5) is 5.82 Å². The Balaban J connectivity index is 1.68. The van der Waals surface area contributed by atoms with Crippen molar-refractivity contribution in [1.29, 1.82) is 0 Å². The highest BCUT2D eigenvalue weighted by atomic mass is 35.5. The van der Waals surface area contributed by atoms with Crippen molar-refractivity contribution in [3.63, 3.8) is 0 Å². The van der Waals surface area contributed by atoms with Crippen molar-refractivity contribution in [2.45, 2.75) is 33.2 Å². The van der Waals surface area contributed by atoms with Crippen molar-refractivity contribution in [2.75, 3.05) is 11.5 Å². The molecule has 1 unspecified atom stereocenters. The van der Waals surface area contributed by atoms with E-state index in [1.165, 1.54) is 11.1 Å². The fourth-order valence-corrected chi connectivity index (χ4v) is 4.45. The Morgan fingerprint density at radius 1 is 1.11 bits per heavy atom. The Kier molecular flexibility index (Phi) is 6.07. The number of carbonyl (C=O) groups excluding carboxylic acids is 1. The number of hydrogen-bond acceptors (Lipinski definition) is 5. The quantitative estimate of drug-likeness (QED) is 0.317. The van der Waals surface area contributed by atoms with E-state index in [0.717, 1.165) is 17.5 Å². The van der Waals surface area contributed by atoms with Crippen molar-refractivity contribution in [3.8, 4) is 5.75 Å². The average Bonchev–Trinajstić information content (AvgIpc) is 3.13. The largest absolute Gasteiger partial charge is 0.494 e. The Bertz CT molecular complexity index is 1480. The number of pyridine rings is 1. The number of aromatic nitrogens is 1. The van der Waals surface area contributed by atoms with Crippen LogP contribution < -0.4 is 15.1 Å². The Hall–Kier alpha value is -3.64. The first kappa shape index (κ1) is 23.1. The molecule has 7 heteroatoms. The molecule has 4 aromatic rings. The summed E-state index contributed by atoms with van der Waals surface area (Å²) in [7, 11) is 0. The van der Waals surface area contributed by atoms with E-state index in [2.05, 4.69) is 18.8 Å². The van der Waals surface area contributed by atoms with Crippen LogP contribution in [0.2, 0.25) is 5.02 Å². The van der Waals surface area contributed by atoms with Crippen molar-refractivity contribution < 1.29 is 13.9 Å². The normalized spacial score (nSPS) is 15.2. The van der Waals surface area contributed by atoms with Gasteiger partial charge in [-0.3, -0.25) is 14.5 Å². The lowest BCUT2D eigenvalue weighted by molar-refractivity contribution is 0.0970. The lowest BCUT2D eigenvalue weighted by Gasteiger charge is -2.24. The zero-order chi connectivity index (χ0) is 24.7. The number of rotatable bonds is 6. The van der Waals surface area contributed by atoms with Crippen LogP contribution >= 0.6 is 11.6 Å². The first-order valence-electron chi connectivity index (χ1n) is 11.6. The molecule has 3 heterocycles. The van der Waals surface area contributed by atoms with Gasteiger partial charge in [0.15, 0.2) is 5.43 Å². The van der Waals surface area contributed by atoms with Crippen molar-refractivity contribution >= 4 is 34.3 Å². The molecule has 0 saturated carbocycles. The molecule has 6 nitrogen and oxygen atoms in total. The molecule has 0 spiro atoms. The van der Waals surface area contributed by atoms with E-state index in [1.807, 2.05) is 37.3 Å². The Morgan fingerprint density at radius 3 is 2.69 bits per heavy atom. The summed E-state index contributed by atoms with van der Waals surface area (Å²) in [6.45, 7) is 6.78. The predicted octanol–water partition coefficient (Wildman–Crippen LogP) is 6.32. The first-order chi connectivity index (χ1) is 16.8. The molecular formula is C28H25ClN2O4. The first-order valence-corrected chi connectivity index (χ1v) is 12.0. The van der Waals surface area contributed by atoms with E-state index in [0.29, 0.717) is 45.6 Å². The number of halogens is 1. The van der Waals surface area contributed by atoms with Crippen molar-refractivity contribution in [3.05, 3.63) is 98.5 Å². The number of hydrogen-bond donors (Lipinski definition) is 0. The second-order valence-corrected chi connectivity index (χ2v) is 9.63. The highest BCUT2D eigenvalue weighted by molar-refractivity contribution is 6.30. The summed E-state index contributed by atoms with van der Waals surface area (Å²) in [6.07, 6.45) is 2.40. The third-order valence-corrected chi connectivity index (χ3v) is 6.35. The van der Waals surface area contributed by atoms with Gasteiger partial charge in [0.2, 0.25) is 5.76 Å². The fourth-order valence-electron chi connectivity index (χ4n) is 4.34. The predicted molar refractivity (Wildman–Crippen MR) is 137 cm³/mol. The van der Waals surface area contributed by atoms with Crippen molar-refractivity contribution in [2.24, 2.45) is 5.92 Å². The second kappa shape index (κ2) is 9.19. The number of ether oxygens (including phenoxy) is 1. The highest BCUT2D eigenvalue weighted by Gasteiger charge is 2.44. The van der Waals surface area contributed by atoms with Crippen LogP contribution in [0.25, 0.3) is 11.0 Å². The molecule has 1 aliphatic heterocycles. The summed E-state index contributed by atoms with van der Waals surface area (Å²) in [4.78, 5) is 33.3. The maximum absolute atomic E-state index is 13.8. The molecule has 0 fully saturated rings. The summed E-state index contributed by atoms with van der Waals surface area (Å²) in [5, 5.41) is 0.891. The van der Waals surface area contributed by atoms with Gasteiger partial charge >= 0.3 is 0 Å². The van der Waals surface area contributed by atoms with Crippen LogP contribution in [0.15, 0.2) is 70.0 Å². The molecule has 0 aliphatic carbocycles. The Labute approximate surface area is 208 Å². The van der Waals surface area contributed by atoms with Gasteiger partial charge in [-0.1, -0.05) is 49.2 Å². The third-order valence-electron chi connectivity index (χ3n) is 6.12. The van der Waals surface area contributed by atoms with E-state index in [-0.39, 0.29) is 11.2 Å². The van der Waals surface area contributed by atoms with Gasteiger partial charge in [0, 0.05) is 6.20 Å². The molecule has 2 aromatic carbocycles. The highest BCUT2D eigenvalue weighted by Crippen LogP contribution is 2.41. The van der Waals surface area contributed by atoms with Gasteiger partial charge in [-0.2, -0.15) is 0 Å². The number of carbonyl (C=O) groups is 1. The summed E-state index contributed by atoms with van der Waals surface area (Å²) in [5.74, 6) is 1.17. The lowest BCUT2D eigenvalue weighted by Crippen LogP contribution is -2.30. The minimum atomic E-state index is -0.721. The topological polar surface area (TPSA) is 72.6 Å². The maximum atomic E-state index is 13.8. The number of aryl methyl sites for hydroxylation is 1. The average molecular weight is 489 g/mol. The molecule has 178 valence electrons. The number of benzene rings is 2. The summed E-state index contributed by atoms with van der Waals surface area (Å²) in [5.41, 5.74) is 2.11. The van der Waals surface area contributed by atoms with Crippen LogP contribution in [-0.4, -0.2) is 17.5 Å². The minimum Gasteiger partial charge on any atom is -0.494 e. The van der Waals surface area contributed by atoms with E-state index >= 15 is 0 Å². The van der Waals surface area contributed by atoms with Gasteiger partial charge in [0.05, 0.1) is 28.6 Å². The molecule has 1 atom stereocenters. The molecule has 0 radical (unpaired) electrons. The van der Waals surface area contributed by atoms with Crippen LogP contribution in [0, 0.1) is 12.8 Å². The molecule has 1 aliphatic rings. The van der Waals surface area contributed by atoms with E-state index in [4.69, 9.17) is 20.8 Å². The second-order valence-electron chi connectivity index (χ2n) is 9.19. The van der Waals surface area contributed by atoms with Crippen LogP contribution in [-0.2, 0) is 0 Å². The fraction of sp³-hybridized carbons (Fsp3) is 0.250. The molecule has 0 saturated heterocycles. The maximum Gasteiger partial charge on any atom is 0.296 e. The van der Waals surface area contributed by atoms with Gasteiger partial charge in [-0.15, -0.1) is 0 Å². The molecule has 35 heavy (non-hydrogen) atoms. The van der Waals surface area contributed by atoms with E-state index in [9.17, 15) is 9.59 Å². The van der Waals surface area contributed by atoms with Crippen LogP contribution in [0.5, 0.6) is 5.75 Å². The van der Waals surface area contributed by atoms with Gasteiger partial charge in [0.25, 0.3) is 5.91 Å². The van der Waals surface area contributed by atoms with Gasteiger partial charge in [0.1, 0.15) is 17.2 Å². The lowest BCUT2D eigenvalue weighted by atomic mass is 9.98. The van der Waals surface area contributed by atoms with Crippen molar-refractivity contribution in [1.82, 2.24) is 4.98 Å². The molecule has 0 bridgehead atoms. The van der Waals surface area contributed by atoms with Gasteiger partial charge in [-0.05, 0) is 61.2 Å². The number of fused-ring (bicyclic) bond motifs is 2. The third kappa shape index (κ3) is 4.30. The van der Waals surface area contributed by atoms with Crippen LogP contribution in [0.3, 0.4) is 0 Å². The Morgan fingerprint density at radius 2 is 1.94 bits per heavy atom. The summed E-state index contributed by atoms with van der Waals surface area (Å²) < 4.78 is 12.0. The molecule has 2 aromatic heterocycles. The van der Waals surface area contributed by atoms with E-state index in [1.54, 1.807) is 24.3 Å². The minimum absolute atomic E-state index is 0.0271. The van der Waals surface area contributed by atoms with Gasteiger partial charge in [-0.25, -0.2) is 4.98 Å². The molecule has 5 rings (SSSR count). The van der Waals surface area contributed by atoms with Crippen LogP contribution in [0.1, 0.15) is 53.6 Å². The standard InChI is InChI=1S/C28H25ClN2O4/c1-16(2)11-12-34-20-6-4-5-18(14-20)25-24-26(32)21-13-17(3)7-9-22(21)35-27(24)28(33)31(25)23-10-8-19(29)15-30-23/h4-10,13-16,25H,11-12H2,1-3H3. The smallest absolute Gasteiger partial charge is 0.296 e. The molecule has 0 N–H and O–H groups in total. The zero-order valence-corrected chi connectivity index (χ0v) is 20.5. The van der Waals surface area contributed by atoms with Gasteiger partial charge < -0.3 is 9.15 Å². The zero-order valence-electron chi connectivity index (χ0n) is 19.7. The number of nitrogens with zero attached hydrogens (tertiary/aromatic N) is 2. The monoisotopic (exact) mass is 488 g/mol. The van der Waals surface area contributed by atoms with E-state index < -0.39 is 11.9 Å². The molecular weight excluding hydrogens is 464 g/mol. The summed E-state index contributed by atoms with van der Waals surface area (Å²) in [6, 6.07) is 15.5.